The van der Waals surface area contributed by atoms with Gasteiger partial charge in [-0.3, -0.25) is 9.78 Å². The van der Waals surface area contributed by atoms with E-state index in [9.17, 15) is 4.79 Å². The van der Waals surface area contributed by atoms with E-state index in [0.717, 1.165) is 29.4 Å². The topological polar surface area (TPSA) is 73.1 Å². The van der Waals surface area contributed by atoms with Crippen LogP contribution in [0.15, 0.2) is 18.5 Å². The molecule has 132 valence electrons. The summed E-state index contributed by atoms with van der Waals surface area (Å²) in [6.07, 6.45) is 5.92. The maximum Gasteiger partial charge on any atom is 0.255 e. The molecule has 7 heteroatoms. The quantitative estimate of drug-likeness (QED) is 0.829. The molecule has 1 aliphatic heterocycles. The number of nitrogens with zero attached hydrogens (tertiary/aromatic N) is 5. The van der Waals surface area contributed by atoms with Gasteiger partial charge in [-0.05, 0) is 37.3 Å². The Morgan fingerprint density at radius 3 is 2.92 bits per heavy atom. The summed E-state index contributed by atoms with van der Waals surface area (Å²) in [6, 6.07) is 1.88. The first-order valence-corrected chi connectivity index (χ1v) is 8.78. The fourth-order valence-corrected chi connectivity index (χ4v) is 3.54. The largest absolute Gasteiger partial charge is 0.384 e. The summed E-state index contributed by atoms with van der Waals surface area (Å²) >= 11 is 0. The molecule has 1 saturated carbocycles. The highest BCUT2D eigenvalue weighted by Crippen LogP contribution is 2.34. The van der Waals surface area contributed by atoms with Crippen LogP contribution in [0.2, 0.25) is 0 Å². The maximum atomic E-state index is 12.9. The van der Waals surface area contributed by atoms with Crippen molar-refractivity contribution in [3.8, 4) is 0 Å². The van der Waals surface area contributed by atoms with E-state index in [-0.39, 0.29) is 11.8 Å². The molecule has 0 spiro atoms. The maximum absolute atomic E-state index is 12.9. The molecule has 1 aliphatic carbocycles. The average molecular weight is 341 g/mol. The number of amides is 1. The van der Waals surface area contributed by atoms with E-state index in [0.29, 0.717) is 25.3 Å². The second-order valence-electron chi connectivity index (χ2n) is 7.14. The Hall–Kier alpha value is -2.28. The monoisotopic (exact) mass is 341 g/mol. The molecule has 25 heavy (non-hydrogen) atoms. The lowest BCUT2D eigenvalue weighted by Gasteiger charge is -2.32. The second-order valence-corrected chi connectivity index (χ2v) is 7.14. The van der Waals surface area contributed by atoms with Crippen LogP contribution in [0, 0.1) is 12.8 Å². The normalized spacial score (nSPS) is 19.8. The number of pyridine rings is 1. The average Bonchev–Trinajstić information content (AvgIpc) is 3.33. The third kappa shape index (κ3) is 3.28. The molecule has 0 aromatic carbocycles. The Balaban J connectivity index is 1.60. The van der Waals surface area contributed by atoms with Crippen molar-refractivity contribution in [2.75, 3.05) is 20.3 Å². The molecule has 0 unspecified atom stereocenters. The number of carbonyl (C=O) groups is 1. The number of aromatic nitrogens is 4. The van der Waals surface area contributed by atoms with Gasteiger partial charge < -0.3 is 9.64 Å². The van der Waals surface area contributed by atoms with Gasteiger partial charge in [-0.25, -0.2) is 4.68 Å². The van der Waals surface area contributed by atoms with E-state index in [4.69, 9.17) is 4.74 Å². The van der Waals surface area contributed by atoms with Gasteiger partial charge in [0, 0.05) is 38.5 Å². The SMILES string of the molecule is COC[C@H]1CN(C(=O)c2cncc(C)c2)Cc2nnn(CC3CC3)c21. The summed E-state index contributed by atoms with van der Waals surface area (Å²) in [7, 11) is 1.69. The van der Waals surface area contributed by atoms with Crippen molar-refractivity contribution in [2.24, 2.45) is 5.92 Å². The van der Waals surface area contributed by atoms with Crippen LogP contribution < -0.4 is 0 Å². The molecule has 1 amide bonds. The molecule has 7 nitrogen and oxygen atoms in total. The minimum absolute atomic E-state index is 0.0142. The van der Waals surface area contributed by atoms with Gasteiger partial charge in [-0.2, -0.15) is 0 Å². The van der Waals surface area contributed by atoms with Gasteiger partial charge in [0.15, 0.2) is 0 Å². The molecule has 0 saturated heterocycles. The number of methoxy groups -OCH3 is 1. The molecule has 2 aromatic heterocycles. The van der Waals surface area contributed by atoms with Crippen LogP contribution in [0.4, 0.5) is 0 Å². The number of ether oxygens (including phenoxy) is 1. The lowest BCUT2D eigenvalue weighted by Crippen LogP contribution is -2.40. The van der Waals surface area contributed by atoms with Gasteiger partial charge in [0.05, 0.1) is 24.4 Å². The Kier molecular flexibility index (Phi) is 4.25. The fraction of sp³-hybridized carbons (Fsp3) is 0.556. The summed E-state index contributed by atoms with van der Waals surface area (Å²) < 4.78 is 7.45. The molecule has 0 bridgehead atoms. The van der Waals surface area contributed by atoms with Crippen LogP contribution >= 0.6 is 0 Å². The summed E-state index contributed by atoms with van der Waals surface area (Å²) in [6.45, 7) is 4.53. The minimum Gasteiger partial charge on any atom is -0.384 e. The van der Waals surface area contributed by atoms with Crippen LogP contribution in [0.3, 0.4) is 0 Å². The Morgan fingerprint density at radius 1 is 1.36 bits per heavy atom. The molecule has 1 atom stereocenters. The Labute approximate surface area is 147 Å². The molecule has 0 radical (unpaired) electrons. The molecule has 1 fully saturated rings. The molecular weight excluding hydrogens is 318 g/mol. The van der Waals surface area contributed by atoms with Crippen LogP contribution in [0.25, 0.3) is 0 Å². The van der Waals surface area contributed by atoms with E-state index in [1.54, 1.807) is 19.5 Å². The predicted molar refractivity (Wildman–Crippen MR) is 91.1 cm³/mol. The smallest absolute Gasteiger partial charge is 0.255 e. The number of hydrogen-bond acceptors (Lipinski definition) is 5. The standard InChI is InChI=1S/C18H23N5O2/c1-12-5-14(7-19-6-12)18(24)22-9-15(11-25-2)17-16(10-22)20-21-23(17)8-13-3-4-13/h5-7,13,15H,3-4,8-11H2,1-2H3/t15-/m1/s1. The van der Waals surface area contributed by atoms with Crippen molar-refractivity contribution in [1.29, 1.82) is 0 Å². The Bertz CT molecular complexity index is 784. The van der Waals surface area contributed by atoms with Gasteiger partial charge in [0.25, 0.3) is 5.91 Å². The zero-order chi connectivity index (χ0) is 17.4. The van der Waals surface area contributed by atoms with E-state index in [1.165, 1.54) is 12.8 Å². The van der Waals surface area contributed by atoms with Crippen molar-refractivity contribution in [3.05, 3.63) is 41.0 Å². The zero-order valence-corrected chi connectivity index (χ0v) is 14.7. The van der Waals surface area contributed by atoms with E-state index in [2.05, 4.69) is 15.3 Å². The van der Waals surface area contributed by atoms with E-state index < -0.39 is 0 Å². The molecule has 4 rings (SSSR count). The van der Waals surface area contributed by atoms with Crippen molar-refractivity contribution < 1.29 is 9.53 Å². The number of hydrogen-bond donors (Lipinski definition) is 0. The van der Waals surface area contributed by atoms with Crippen molar-refractivity contribution >= 4 is 5.91 Å². The molecular formula is C18H23N5O2. The summed E-state index contributed by atoms with van der Waals surface area (Å²) in [5.74, 6) is 0.816. The van der Waals surface area contributed by atoms with Gasteiger partial charge in [-0.1, -0.05) is 5.21 Å². The van der Waals surface area contributed by atoms with Crippen LogP contribution in [0.1, 0.15) is 46.1 Å². The van der Waals surface area contributed by atoms with Gasteiger partial charge in [0.2, 0.25) is 0 Å². The van der Waals surface area contributed by atoms with Gasteiger partial charge in [0.1, 0.15) is 5.69 Å². The number of carbonyl (C=O) groups excluding carboxylic acids is 1. The molecule has 3 heterocycles. The Morgan fingerprint density at radius 2 is 2.20 bits per heavy atom. The zero-order valence-electron chi connectivity index (χ0n) is 14.7. The fourth-order valence-electron chi connectivity index (χ4n) is 3.54. The van der Waals surface area contributed by atoms with Gasteiger partial charge >= 0.3 is 0 Å². The molecule has 2 aromatic rings. The third-order valence-corrected chi connectivity index (χ3v) is 4.92. The lowest BCUT2D eigenvalue weighted by molar-refractivity contribution is 0.0671. The summed E-state index contributed by atoms with van der Waals surface area (Å²) in [5, 5.41) is 8.71. The summed E-state index contributed by atoms with van der Waals surface area (Å²) in [4.78, 5) is 18.9. The lowest BCUT2D eigenvalue weighted by atomic mass is 9.98. The van der Waals surface area contributed by atoms with Crippen molar-refractivity contribution in [1.82, 2.24) is 24.9 Å². The molecule has 0 N–H and O–H groups in total. The van der Waals surface area contributed by atoms with E-state index >= 15 is 0 Å². The third-order valence-electron chi connectivity index (χ3n) is 4.92. The van der Waals surface area contributed by atoms with E-state index in [1.807, 2.05) is 22.6 Å². The number of aryl methyl sites for hydroxylation is 1. The number of rotatable bonds is 5. The highest BCUT2D eigenvalue weighted by Gasteiger charge is 2.35. The first-order chi connectivity index (χ1) is 12.2. The van der Waals surface area contributed by atoms with Gasteiger partial charge in [-0.15, -0.1) is 5.10 Å². The van der Waals surface area contributed by atoms with Crippen molar-refractivity contribution in [2.45, 2.75) is 38.8 Å². The minimum atomic E-state index is -0.0142. The first-order valence-electron chi connectivity index (χ1n) is 8.78. The molecule has 2 aliphatic rings. The van der Waals surface area contributed by atoms with Crippen LogP contribution in [0.5, 0.6) is 0 Å². The first kappa shape index (κ1) is 16.2. The highest BCUT2D eigenvalue weighted by atomic mass is 16.5. The second kappa shape index (κ2) is 6.55. The number of fused-ring (bicyclic) bond motifs is 1. The summed E-state index contributed by atoms with van der Waals surface area (Å²) in [5.41, 5.74) is 3.63. The predicted octanol–water partition coefficient (Wildman–Crippen LogP) is 1.78. The van der Waals surface area contributed by atoms with Crippen LogP contribution in [-0.4, -0.2) is 51.0 Å². The van der Waals surface area contributed by atoms with Crippen LogP contribution in [-0.2, 0) is 17.8 Å². The van der Waals surface area contributed by atoms with Crippen molar-refractivity contribution in [3.63, 3.8) is 0 Å². The highest BCUT2D eigenvalue weighted by molar-refractivity contribution is 5.94.